The zero-order valence-electron chi connectivity index (χ0n) is 12.4. The Morgan fingerprint density at radius 2 is 1.86 bits per heavy atom. The van der Waals surface area contributed by atoms with Crippen molar-refractivity contribution >= 4 is 5.91 Å². The summed E-state index contributed by atoms with van der Waals surface area (Å²) in [4.78, 5) is 23.0. The van der Waals surface area contributed by atoms with Crippen molar-refractivity contribution in [3.05, 3.63) is 52.4 Å². The van der Waals surface area contributed by atoms with Crippen LogP contribution in [0.1, 0.15) is 10.5 Å². The molecule has 0 unspecified atom stereocenters. The number of hydrogen-bond acceptors (Lipinski definition) is 5. The first-order valence-electron chi connectivity index (χ1n) is 6.69. The number of hydrogen-bond donors (Lipinski definition) is 1. The average Bonchev–Trinajstić information content (AvgIpc) is 2.54. The molecule has 7 heteroatoms. The Morgan fingerprint density at radius 3 is 2.50 bits per heavy atom. The van der Waals surface area contributed by atoms with Crippen LogP contribution in [0.3, 0.4) is 0 Å². The third kappa shape index (κ3) is 4.08. The molecule has 1 N–H and O–H groups in total. The summed E-state index contributed by atoms with van der Waals surface area (Å²) in [5, 5.41) is 6.54. The highest BCUT2D eigenvalue weighted by atomic mass is 16.5. The van der Waals surface area contributed by atoms with Crippen LogP contribution in [-0.2, 0) is 7.05 Å². The lowest BCUT2D eigenvalue weighted by molar-refractivity contribution is 0.0939. The lowest BCUT2D eigenvalue weighted by Gasteiger charge is -2.08. The molecule has 0 radical (unpaired) electrons. The standard InChI is InChI=1S/C15H17N3O4/c1-18-14(19)8-7-13(17-18)15(20)16-9-10-22-12-5-3-11(21-2)4-6-12/h3-8H,9-10H2,1-2H3,(H,16,20). The van der Waals surface area contributed by atoms with Gasteiger partial charge in [-0.2, -0.15) is 5.10 Å². The molecule has 1 amide bonds. The Bertz CT molecular complexity index is 695. The molecule has 1 aromatic heterocycles. The van der Waals surface area contributed by atoms with Crippen LogP contribution in [-0.4, -0.2) is 35.9 Å². The molecule has 0 spiro atoms. The van der Waals surface area contributed by atoms with E-state index in [0.29, 0.717) is 18.9 Å². The zero-order chi connectivity index (χ0) is 15.9. The van der Waals surface area contributed by atoms with Gasteiger partial charge in [0.25, 0.3) is 11.5 Å². The molecule has 1 aromatic carbocycles. The number of rotatable bonds is 6. The van der Waals surface area contributed by atoms with Crippen LogP contribution in [0.5, 0.6) is 11.5 Å². The number of aromatic nitrogens is 2. The van der Waals surface area contributed by atoms with E-state index in [2.05, 4.69) is 10.4 Å². The second-order valence-electron chi connectivity index (χ2n) is 4.46. The minimum absolute atomic E-state index is 0.187. The van der Waals surface area contributed by atoms with E-state index in [-0.39, 0.29) is 17.2 Å². The summed E-state index contributed by atoms with van der Waals surface area (Å²) in [6.45, 7) is 0.652. The van der Waals surface area contributed by atoms with Gasteiger partial charge in [-0.25, -0.2) is 4.68 Å². The van der Waals surface area contributed by atoms with Gasteiger partial charge in [-0.1, -0.05) is 0 Å². The fourth-order valence-corrected chi connectivity index (χ4v) is 1.72. The molecule has 116 valence electrons. The maximum atomic E-state index is 11.8. The molecule has 0 saturated carbocycles. The molecule has 0 atom stereocenters. The number of methoxy groups -OCH3 is 1. The second-order valence-corrected chi connectivity index (χ2v) is 4.46. The number of carbonyl (C=O) groups excluding carboxylic acids is 1. The average molecular weight is 303 g/mol. The summed E-state index contributed by atoms with van der Waals surface area (Å²) in [5.41, 5.74) is -0.0778. The minimum atomic E-state index is -0.353. The smallest absolute Gasteiger partial charge is 0.271 e. The Morgan fingerprint density at radius 1 is 1.18 bits per heavy atom. The Hall–Kier alpha value is -2.83. The fourth-order valence-electron chi connectivity index (χ4n) is 1.72. The summed E-state index contributed by atoms with van der Waals surface area (Å²) in [6.07, 6.45) is 0. The van der Waals surface area contributed by atoms with Crippen molar-refractivity contribution in [1.82, 2.24) is 15.1 Å². The van der Waals surface area contributed by atoms with E-state index in [4.69, 9.17) is 9.47 Å². The van der Waals surface area contributed by atoms with E-state index >= 15 is 0 Å². The molecule has 0 saturated heterocycles. The third-order valence-corrected chi connectivity index (χ3v) is 2.91. The lowest BCUT2D eigenvalue weighted by Crippen LogP contribution is -2.31. The van der Waals surface area contributed by atoms with Crippen molar-refractivity contribution in [3.63, 3.8) is 0 Å². The Balaban J connectivity index is 1.79. The Kier molecular flexibility index (Phi) is 5.13. The molecule has 0 aliphatic rings. The first-order chi connectivity index (χ1) is 10.6. The summed E-state index contributed by atoms with van der Waals surface area (Å²) < 4.78 is 11.7. The summed E-state index contributed by atoms with van der Waals surface area (Å²) in [5.74, 6) is 1.09. The van der Waals surface area contributed by atoms with Crippen molar-refractivity contribution in [2.45, 2.75) is 0 Å². The van der Waals surface area contributed by atoms with Gasteiger partial charge in [0.05, 0.1) is 13.7 Å². The predicted octanol–water partition coefficient (Wildman–Crippen LogP) is 0.598. The normalized spacial score (nSPS) is 10.1. The topological polar surface area (TPSA) is 82.5 Å². The van der Waals surface area contributed by atoms with Crippen molar-refractivity contribution in [1.29, 1.82) is 0 Å². The molecule has 1 heterocycles. The molecule has 0 aliphatic heterocycles. The van der Waals surface area contributed by atoms with Crippen molar-refractivity contribution < 1.29 is 14.3 Å². The van der Waals surface area contributed by atoms with E-state index in [1.165, 1.54) is 19.2 Å². The first-order valence-corrected chi connectivity index (χ1v) is 6.69. The summed E-state index contributed by atoms with van der Waals surface area (Å²) >= 11 is 0. The molecule has 0 fully saturated rings. The molecular formula is C15H17N3O4. The number of amides is 1. The number of benzene rings is 1. The van der Waals surface area contributed by atoms with Crippen LogP contribution in [0.25, 0.3) is 0 Å². The van der Waals surface area contributed by atoms with Gasteiger partial charge in [0.15, 0.2) is 0 Å². The minimum Gasteiger partial charge on any atom is -0.497 e. The zero-order valence-corrected chi connectivity index (χ0v) is 12.4. The number of nitrogens with zero attached hydrogens (tertiary/aromatic N) is 2. The first kappa shape index (κ1) is 15.6. The maximum Gasteiger partial charge on any atom is 0.271 e. The number of ether oxygens (including phenoxy) is 2. The Labute approximate surface area is 127 Å². The number of nitrogens with one attached hydrogen (secondary N) is 1. The fraction of sp³-hybridized carbons (Fsp3) is 0.267. The lowest BCUT2D eigenvalue weighted by atomic mass is 10.3. The summed E-state index contributed by atoms with van der Waals surface area (Å²) in [6, 6.07) is 9.85. The second kappa shape index (κ2) is 7.26. The molecule has 2 rings (SSSR count). The number of carbonyl (C=O) groups is 1. The van der Waals surface area contributed by atoms with Crippen LogP contribution < -0.4 is 20.3 Å². The summed E-state index contributed by atoms with van der Waals surface area (Å²) in [7, 11) is 3.09. The van der Waals surface area contributed by atoms with E-state index < -0.39 is 0 Å². The van der Waals surface area contributed by atoms with Crippen LogP contribution >= 0.6 is 0 Å². The highest BCUT2D eigenvalue weighted by Crippen LogP contribution is 2.16. The van der Waals surface area contributed by atoms with E-state index in [1.54, 1.807) is 31.4 Å². The van der Waals surface area contributed by atoms with Crippen LogP contribution in [0.2, 0.25) is 0 Å². The third-order valence-electron chi connectivity index (χ3n) is 2.91. The maximum absolute atomic E-state index is 11.8. The number of aryl methyl sites for hydroxylation is 1. The van der Waals surface area contributed by atoms with Crippen molar-refractivity contribution in [3.8, 4) is 11.5 Å². The largest absolute Gasteiger partial charge is 0.497 e. The van der Waals surface area contributed by atoms with Gasteiger partial charge >= 0.3 is 0 Å². The van der Waals surface area contributed by atoms with Crippen LogP contribution in [0, 0.1) is 0 Å². The van der Waals surface area contributed by atoms with Gasteiger partial charge in [0, 0.05) is 13.1 Å². The van der Waals surface area contributed by atoms with Gasteiger partial charge in [0.1, 0.15) is 23.8 Å². The monoisotopic (exact) mass is 303 g/mol. The van der Waals surface area contributed by atoms with Crippen LogP contribution in [0.4, 0.5) is 0 Å². The van der Waals surface area contributed by atoms with E-state index in [9.17, 15) is 9.59 Å². The van der Waals surface area contributed by atoms with E-state index in [0.717, 1.165) is 10.4 Å². The SMILES string of the molecule is COc1ccc(OCCNC(=O)c2ccc(=O)n(C)n2)cc1. The molecule has 0 bridgehead atoms. The quantitative estimate of drug-likeness (QED) is 0.790. The van der Waals surface area contributed by atoms with Crippen LogP contribution in [0.15, 0.2) is 41.2 Å². The predicted molar refractivity (Wildman–Crippen MR) is 80.3 cm³/mol. The molecule has 7 nitrogen and oxygen atoms in total. The molecular weight excluding hydrogens is 286 g/mol. The van der Waals surface area contributed by atoms with Gasteiger partial charge in [-0.3, -0.25) is 9.59 Å². The molecule has 0 aliphatic carbocycles. The van der Waals surface area contributed by atoms with Crippen molar-refractivity contribution in [2.24, 2.45) is 7.05 Å². The van der Waals surface area contributed by atoms with E-state index in [1.807, 2.05) is 0 Å². The van der Waals surface area contributed by atoms with Gasteiger partial charge in [-0.15, -0.1) is 0 Å². The molecule has 22 heavy (non-hydrogen) atoms. The highest BCUT2D eigenvalue weighted by molar-refractivity contribution is 5.91. The van der Waals surface area contributed by atoms with Gasteiger partial charge < -0.3 is 14.8 Å². The van der Waals surface area contributed by atoms with Gasteiger partial charge in [-0.05, 0) is 30.3 Å². The highest BCUT2D eigenvalue weighted by Gasteiger charge is 2.07. The van der Waals surface area contributed by atoms with Gasteiger partial charge in [0.2, 0.25) is 0 Å². The van der Waals surface area contributed by atoms with Crippen molar-refractivity contribution in [2.75, 3.05) is 20.3 Å². The molecule has 2 aromatic rings.